The smallest absolute Gasteiger partial charge is 0.273 e. The zero-order valence-electron chi connectivity index (χ0n) is 12.7. The van der Waals surface area contributed by atoms with E-state index in [2.05, 4.69) is 32.9 Å². The van der Waals surface area contributed by atoms with Crippen molar-refractivity contribution in [1.82, 2.24) is 30.1 Å². The number of hydrogen-bond acceptors (Lipinski definition) is 4. The topological polar surface area (TPSA) is 77.6 Å². The van der Waals surface area contributed by atoms with E-state index < -0.39 is 0 Å². The molecule has 0 saturated carbocycles. The Kier molecular flexibility index (Phi) is 4.78. The predicted octanol–water partition coefficient (Wildman–Crippen LogP) is 1.15. The van der Waals surface area contributed by atoms with Gasteiger partial charge in [0.25, 0.3) is 5.91 Å². The Morgan fingerprint density at radius 2 is 1.96 bits per heavy atom. The van der Waals surface area contributed by atoms with E-state index in [0.717, 1.165) is 6.42 Å². The van der Waals surface area contributed by atoms with Gasteiger partial charge in [0.2, 0.25) is 0 Å². The quantitative estimate of drug-likeness (QED) is 0.710. The Bertz CT molecular complexity index is 735. The van der Waals surface area contributed by atoms with Crippen LogP contribution in [-0.4, -0.2) is 37.2 Å². The van der Waals surface area contributed by atoms with Crippen LogP contribution in [0.2, 0.25) is 0 Å². The SMILES string of the molecule is O=C(NCCn1cccn1)c1cn(CCc2ccccc2)nn1. The maximum absolute atomic E-state index is 12.0. The van der Waals surface area contributed by atoms with E-state index in [1.54, 1.807) is 21.8 Å². The number of benzene rings is 1. The van der Waals surface area contributed by atoms with Crippen molar-refractivity contribution in [1.29, 1.82) is 0 Å². The summed E-state index contributed by atoms with van der Waals surface area (Å²) in [5.41, 5.74) is 1.56. The summed E-state index contributed by atoms with van der Waals surface area (Å²) >= 11 is 0. The first kappa shape index (κ1) is 15.0. The number of aromatic nitrogens is 5. The first-order chi connectivity index (χ1) is 11.3. The lowest BCUT2D eigenvalue weighted by Crippen LogP contribution is -2.27. The zero-order chi connectivity index (χ0) is 15.9. The third-order valence-electron chi connectivity index (χ3n) is 3.43. The Balaban J connectivity index is 1.47. The van der Waals surface area contributed by atoms with Crippen molar-refractivity contribution in [3.63, 3.8) is 0 Å². The second-order valence-corrected chi connectivity index (χ2v) is 5.13. The molecule has 0 aliphatic rings. The zero-order valence-corrected chi connectivity index (χ0v) is 12.7. The third kappa shape index (κ3) is 4.26. The van der Waals surface area contributed by atoms with Gasteiger partial charge in [-0.3, -0.25) is 14.2 Å². The van der Waals surface area contributed by atoms with Gasteiger partial charge >= 0.3 is 0 Å². The standard InChI is InChI=1S/C16H18N6O/c23-16(17-9-12-21-10-4-8-18-21)15-13-22(20-19-15)11-7-14-5-2-1-3-6-14/h1-6,8,10,13H,7,9,11-12H2,(H,17,23). The molecule has 7 heteroatoms. The molecule has 1 amide bonds. The second-order valence-electron chi connectivity index (χ2n) is 5.13. The number of nitrogens with one attached hydrogen (secondary N) is 1. The van der Waals surface area contributed by atoms with Crippen LogP contribution in [0.3, 0.4) is 0 Å². The summed E-state index contributed by atoms with van der Waals surface area (Å²) in [7, 11) is 0. The van der Waals surface area contributed by atoms with Crippen LogP contribution in [0.4, 0.5) is 0 Å². The number of aryl methyl sites for hydroxylation is 2. The van der Waals surface area contributed by atoms with Crippen molar-refractivity contribution in [2.24, 2.45) is 0 Å². The van der Waals surface area contributed by atoms with Gasteiger partial charge in [0.15, 0.2) is 5.69 Å². The van der Waals surface area contributed by atoms with Crippen molar-refractivity contribution < 1.29 is 4.79 Å². The van der Waals surface area contributed by atoms with Crippen molar-refractivity contribution >= 4 is 5.91 Å². The lowest BCUT2D eigenvalue weighted by atomic mass is 10.1. The number of hydrogen-bond donors (Lipinski definition) is 1. The highest BCUT2D eigenvalue weighted by atomic mass is 16.2. The van der Waals surface area contributed by atoms with E-state index in [4.69, 9.17) is 0 Å². The molecule has 1 aromatic carbocycles. The number of nitrogens with zero attached hydrogens (tertiary/aromatic N) is 5. The molecule has 0 spiro atoms. The molecule has 0 unspecified atom stereocenters. The van der Waals surface area contributed by atoms with Crippen LogP contribution >= 0.6 is 0 Å². The summed E-state index contributed by atoms with van der Waals surface area (Å²) in [5, 5.41) is 14.8. The molecule has 0 saturated heterocycles. The normalized spacial score (nSPS) is 10.6. The molecule has 3 aromatic rings. The van der Waals surface area contributed by atoms with Gasteiger partial charge < -0.3 is 5.32 Å². The van der Waals surface area contributed by atoms with E-state index in [9.17, 15) is 4.79 Å². The monoisotopic (exact) mass is 310 g/mol. The Morgan fingerprint density at radius 1 is 1.09 bits per heavy atom. The fraction of sp³-hybridized carbons (Fsp3) is 0.250. The average Bonchev–Trinajstić information content (AvgIpc) is 3.25. The molecule has 0 radical (unpaired) electrons. The molecule has 0 bridgehead atoms. The van der Waals surface area contributed by atoms with Gasteiger partial charge in [0.1, 0.15) is 0 Å². The molecule has 0 aliphatic carbocycles. The summed E-state index contributed by atoms with van der Waals surface area (Å²) in [4.78, 5) is 12.0. The lowest BCUT2D eigenvalue weighted by molar-refractivity contribution is 0.0947. The number of carbonyl (C=O) groups is 1. The minimum absolute atomic E-state index is 0.219. The number of carbonyl (C=O) groups excluding carboxylic acids is 1. The van der Waals surface area contributed by atoms with E-state index >= 15 is 0 Å². The van der Waals surface area contributed by atoms with Crippen LogP contribution in [0, 0.1) is 0 Å². The number of amides is 1. The van der Waals surface area contributed by atoms with Gasteiger partial charge in [-0.05, 0) is 18.1 Å². The van der Waals surface area contributed by atoms with Crippen LogP contribution in [0.5, 0.6) is 0 Å². The van der Waals surface area contributed by atoms with Crippen molar-refractivity contribution in [2.75, 3.05) is 6.54 Å². The summed E-state index contributed by atoms with van der Waals surface area (Å²) in [6.45, 7) is 1.82. The molecular weight excluding hydrogens is 292 g/mol. The minimum atomic E-state index is -0.219. The van der Waals surface area contributed by atoms with Crippen molar-refractivity contribution in [3.8, 4) is 0 Å². The summed E-state index contributed by atoms with van der Waals surface area (Å²) < 4.78 is 3.45. The largest absolute Gasteiger partial charge is 0.349 e. The van der Waals surface area contributed by atoms with Crippen LogP contribution < -0.4 is 5.32 Å². The highest BCUT2D eigenvalue weighted by molar-refractivity contribution is 5.91. The minimum Gasteiger partial charge on any atom is -0.349 e. The summed E-state index contributed by atoms with van der Waals surface area (Å²) in [5.74, 6) is -0.219. The van der Waals surface area contributed by atoms with Gasteiger partial charge in [-0.2, -0.15) is 5.10 Å². The van der Waals surface area contributed by atoms with Gasteiger partial charge in [-0.25, -0.2) is 0 Å². The second kappa shape index (κ2) is 7.35. The molecule has 0 aliphatic heterocycles. The number of rotatable bonds is 7. The molecule has 3 rings (SSSR count). The molecule has 0 atom stereocenters. The molecule has 23 heavy (non-hydrogen) atoms. The molecule has 2 heterocycles. The van der Waals surface area contributed by atoms with E-state index in [0.29, 0.717) is 25.3 Å². The van der Waals surface area contributed by atoms with Gasteiger partial charge in [-0.15, -0.1) is 5.10 Å². The Hall–Kier alpha value is -2.96. The first-order valence-corrected chi connectivity index (χ1v) is 7.51. The lowest BCUT2D eigenvalue weighted by Gasteiger charge is -2.03. The van der Waals surface area contributed by atoms with E-state index in [1.807, 2.05) is 30.5 Å². The first-order valence-electron chi connectivity index (χ1n) is 7.51. The molecule has 0 fully saturated rings. The van der Waals surface area contributed by atoms with Crippen LogP contribution in [0.25, 0.3) is 0 Å². The average molecular weight is 310 g/mol. The Morgan fingerprint density at radius 3 is 2.74 bits per heavy atom. The van der Waals surface area contributed by atoms with Gasteiger partial charge in [0.05, 0.1) is 12.7 Å². The fourth-order valence-electron chi connectivity index (χ4n) is 2.21. The summed E-state index contributed by atoms with van der Waals surface area (Å²) in [6.07, 6.45) is 6.09. The maximum atomic E-state index is 12.0. The van der Waals surface area contributed by atoms with Crippen LogP contribution in [-0.2, 0) is 19.5 Å². The summed E-state index contributed by atoms with van der Waals surface area (Å²) in [6, 6.07) is 12.0. The van der Waals surface area contributed by atoms with Crippen LogP contribution in [0.15, 0.2) is 55.0 Å². The molecule has 1 N–H and O–H groups in total. The highest BCUT2D eigenvalue weighted by Crippen LogP contribution is 2.02. The maximum Gasteiger partial charge on any atom is 0.273 e. The van der Waals surface area contributed by atoms with Gasteiger partial charge in [-0.1, -0.05) is 35.5 Å². The van der Waals surface area contributed by atoms with E-state index in [1.165, 1.54) is 5.56 Å². The van der Waals surface area contributed by atoms with Crippen LogP contribution in [0.1, 0.15) is 16.1 Å². The van der Waals surface area contributed by atoms with Crippen molar-refractivity contribution in [3.05, 3.63) is 66.2 Å². The van der Waals surface area contributed by atoms with Gasteiger partial charge in [0, 0.05) is 25.5 Å². The molecule has 118 valence electrons. The predicted molar refractivity (Wildman–Crippen MR) is 84.7 cm³/mol. The van der Waals surface area contributed by atoms with Crippen molar-refractivity contribution in [2.45, 2.75) is 19.5 Å². The molecule has 2 aromatic heterocycles. The molecular formula is C16H18N6O. The Labute approximate surface area is 133 Å². The van der Waals surface area contributed by atoms with E-state index in [-0.39, 0.29) is 5.91 Å². The molecule has 7 nitrogen and oxygen atoms in total. The highest BCUT2D eigenvalue weighted by Gasteiger charge is 2.10. The third-order valence-corrected chi connectivity index (χ3v) is 3.43. The fourth-order valence-corrected chi connectivity index (χ4v) is 2.21.